The SMILES string of the molecule is Cn1ccnc1C(O)C1CCCN(c2cncc(Cl)n2)C1. The minimum atomic E-state index is -0.569. The number of aryl methyl sites for hydroxylation is 1. The van der Waals surface area contributed by atoms with Gasteiger partial charge in [0.2, 0.25) is 0 Å². The Morgan fingerprint density at radius 1 is 1.43 bits per heavy atom. The van der Waals surface area contributed by atoms with Crippen LogP contribution in [0.4, 0.5) is 5.82 Å². The molecule has 6 nitrogen and oxygen atoms in total. The van der Waals surface area contributed by atoms with Gasteiger partial charge in [0.1, 0.15) is 22.9 Å². The van der Waals surface area contributed by atoms with Crippen LogP contribution in [0.2, 0.25) is 5.15 Å². The first-order chi connectivity index (χ1) is 10.1. The summed E-state index contributed by atoms with van der Waals surface area (Å²) in [6.45, 7) is 1.63. The molecule has 21 heavy (non-hydrogen) atoms. The van der Waals surface area contributed by atoms with Crippen LogP contribution in [0.5, 0.6) is 0 Å². The van der Waals surface area contributed by atoms with Crippen LogP contribution < -0.4 is 4.90 Å². The van der Waals surface area contributed by atoms with Gasteiger partial charge < -0.3 is 14.6 Å². The number of imidazole rings is 1. The summed E-state index contributed by atoms with van der Waals surface area (Å²) in [6.07, 6.45) is 8.19. The maximum Gasteiger partial charge on any atom is 0.149 e. The second kappa shape index (κ2) is 5.99. The van der Waals surface area contributed by atoms with Gasteiger partial charge in [0.15, 0.2) is 0 Å². The molecule has 3 rings (SSSR count). The molecular formula is C14H18ClN5O. The van der Waals surface area contributed by atoms with Crippen LogP contribution in [-0.4, -0.2) is 37.7 Å². The molecule has 0 spiro atoms. The summed E-state index contributed by atoms with van der Waals surface area (Å²) >= 11 is 5.90. The van der Waals surface area contributed by atoms with Crippen LogP contribution in [0, 0.1) is 5.92 Å². The molecule has 2 atom stereocenters. The first-order valence-electron chi connectivity index (χ1n) is 7.03. The van der Waals surface area contributed by atoms with E-state index in [-0.39, 0.29) is 5.92 Å². The molecule has 0 bridgehead atoms. The average molecular weight is 308 g/mol. The molecule has 2 aromatic heterocycles. The smallest absolute Gasteiger partial charge is 0.149 e. The molecule has 0 radical (unpaired) electrons. The molecule has 1 fully saturated rings. The monoisotopic (exact) mass is 307 g/mol. The second-order valence-corrected chi connectivity index (χ2v) is 5.78. The Labute approximate surface area is 128 Å². The van der Waals surface area contributed by atoms with E-state index >= 15 is 0 Å². The van der Waals surface area contributed by atoms with Gasteiger partial charge in [0.25, 0.3) is 0 Å². The van der Waals surface area contributed by atoms with Crippen LogP contribution in [0.1, 0.15) is 24.8 Å². The van der Waals surface area contributed by atoms with Gasteiger partial charge in [-0.05, 0) is 12.8 Å². The lowest BCUT2D eigenvalue weighted by atomic mass is 9.92. The quantitative estimate of drug-likeness (QED) is 0.937. The molecule has 1 N–H and O–H groups in total. The highest BCUT2D eigenvalue weighted by molar-refractivity contribution is 6.29. The largest absolute Gasteiger partial charge is 0.385 e. The van der Waals surface area contributed by atoms with Crippen molar-refractivity contribution in [2.24, 2.45) is 13.0 Å². The van der Waals surface area contributed by atoms with Crippen molar-refractivity contribution in [3.05, 3.63) is 35.8 Å². The van der Waals surface area contributed by atoms with Crippen molar-refractivity contribution in [2.75, 3.05) is 18.0 Å². The molecule has 2 aromatic rings. The van der Waals surface area contributed by atoms with E-state index in [4.69, 9.17) is 11.6 Å². The van der Waals surface area contributed by atoms with Gasteiger partial charge in [-0.2, -0.15) is 0 Å². The van der Waals surface area contributed by atoms with Gasteiger partial charge in [-0.15, -0.1) is 0 Å². The summed E-state index contributed by atoms with van der Waals surface area (Å²) in [5.41, 5.74) is 0. The zero-order valence-corrected chi connectivity index (χ0v) is 12.6. The van der Waals surface area contributed by atoms with Gasteiger partial charge in [-0.25, -0.2) is 9.97 Å². The number of nitrogens with zero attached hydrogens (tertiary/aromatic N) is 5. The van der Waals surface area contributed by atoms with Crippen LogP contribution in [0.15, 0.2) is 24.8 Å². The predicted octanol–water partition coefficient (Wildman–Crippen LogP) is 1.81. The summed E-state index contributed by atoms with van der Waals surface area (Å²) in [5.74, 6) is 1.60. The lowest BCUT2D eigenvalue weighted by Crippen LogP contribution is -2.38. The standard InChI is InChI=1S/C14H18ClN5O/c1-19-6-4-17-14(19)13(21)10-3-2-5-20(9-10)12-8-16-7-11(15)18-12/h4,6-8,10,13,21H,2-3,5,9H2,1H3. The van der Waals surface area contributed by atoms with Gasteiger partial charge in [-0.3, -0.25) is 4.98 Å². The first-order valence-corrected chi connectivity index (χ1v) is 7.40. The number of aliphatic hydroxyl groups excluding tert-OH is 1. The fourth-order valence-corrected chi connectivity index (χ4v) is 2.98. The summed E-state index contributed by atoms with van der Waals surface area (Å²) in [5, 5.41) is 11.0. The number of piperidine rings is 1. The van der Waals surface area contributed by atoms with Crippen molar-refractivity contribution in [3.8, 4) is 0 Å². The van der Waals surface area contributed by atoms with E-state index in [1.165, 1.54) is 6.20 Å². The van der Waals surface area contributed by atoms with Gasteiger partial charge >= 0.3 is 0 Å². The van der Waals surface area contributed by atoms with Crippen molar-refractivity contribution in [1.29, 1.82) is 0 Å². The summed E-state index contributed by atoms with van der Waals surface area (Å²) in [4.78, 5) is 14.7. The number of aromatic nitrogens is 4. The van der Waals surface area contributed by atoms with Crippen LogP contribution in [-0.2, 0) is 7.05 Å². The van der Waals surface area contributed by atoms with Crippen LogP contribution in [0.25, 0.3) is 0 Å². The van der Waals surface area contributed by atoms with Crippen molar-refractivity contribution in [1.82, 2.24) is 19.5 Å². The van der Waals surface area contributed by atoms with Crippen molar-refractivity contribution in [3.63, 3.8) is 0 Å². The van der Waals surface area contributed by atoms with Crippen molar-refractivity contribution in [2.45, 2.75) is 18.9 Å². The Hall–Kier alpha value is -1.66. The van der Waals surface area contributed by atoms with Crippen molar-refractivity contribution < 1.29 is 5.11 Å². The zero-order valence-electron chi connectivity index (χ0n) is 11.9. The van der Waals surface area contributed by atoms with Crippen molar-refractivity contribution >= 4 is 17.4 Å². The molecule has 0 aromatic carbocycles. The maximum absolute atomic E-state index is 10.6. The van der Waals surface area contributed by atoms with E-state index in [0.717, 1.165) is 31.7 Å². The van der Waals surface area contributed by atoms with Gasteiger partial charge in [-0.1, -0.05) is 11.6 Å². The molecule has 0 aliphatic carbocycles. The number of anilines is 1. The number of hydrogen-bond donors (Lipinski definition) is 1. The van der Waals surface area contributed by atoms with E-state index in [0.29, 0.717) is 11.0 Å². The van der Waals surface area contributed by atoms with Crippen LogP contribution in [0.3, 0.4) is 0 Å². The second-order valence-electron chi connectivity index (χ2n) is 5.39. The molecule has 2 unspecified atom stereocenters. The minimum Gasteiger partial charge on any atom is -0.385 e. The Kier molecular flexibility index (Phi) is 4.07. The van der Waals surface area contributed by atoms with Gasteiger partial charge in [0.05, 0.1) is 12.4 Å². The first kappa shape index (κ1) is 14.3. The molecule has 7 heteroatoms. The number of hydrogen-bond acceptors (Lipinski definition) is 5. The fraction of sp³-hybridized carbons (Fsp3) is 0.500. The van der Waals surface area contributed by atoms with E-state index < -0.39 is 6.10 Å². The maximum atomic E-state index is 10.6. The molecule has 3 heterocycles. The molecule has 0 saturated carbocycles. The molecule has 1 aliphatic rings. The number of halogens is 1. The van der Waals surface area contributed by atoms with E-state index in [1.807, 2.05) is 17.8 Å². The van der Waals surface area contributed by atoms with E-state index in [1.54, 1.807) is 12.4 Å². The molecule has 1 aliphatic heterocycles. The zero-order chi connectivity index (χ0) is 14.8. The highest BCUT2D eigenvalue weighted by Gasteiger charge is 2.29. The predicted molar refractivity (Wildman–Crippen MR) is 80.1 cm³/mol. The summed E-state index contributed by atoms with van der Waals surface area (Å²) in [6, 6.07) is 0. The molecular weight excluding hydrogens is 290 g/mol. The van der Waals surface area contributed by atoms with E-state index in [2.05, 4.69) is 19.9 Å². The fourth-order valence-electron chi connectivity index (χ4n) is 2.83. The minimum absolute atomic E-state index is 0.126. The summed E-state index contributed by atoms with van der Waals surface area (Å²) in [7, 11) is 1.90. The Balaban J connectivity index is 1.75. The topological polar surface area (TPSA) is 67.1 Å². The molecule has 112 valence electrons. The summed E-state index contributed by atoms with van der Waals surface area (Å²) < 4.78 is 1.86. The third-order valence-electron chi connectivity index (χ3n) is 3.94. The Bertz CT molecular complexity index is 617. The Morgan fingerprint density at radius 2 is 2.29 bits per heavy atom. The molecule has 0 amide bonds. The van der Waals surface area contributed by atoms with Crippen LogP contribution >= 0.6 is 11.6 Å². The lowest BCUT2D eigenvalue weighted by molar-refractivity contribution is 0.0873. The van der Waals surface area contributed by atoms with Gasteiger partial charge in [0, 0.05) is 38.4 Å². The normalized spacial score (nSPS) is 20.5. The average Bonchev–Trinajstić information content (AvgIpc) is 2.93. The number of rotatable bonds is 3. The third kappa shape index (κ3) is 3.01. The number of aliphatic hydroxyl groups is 1. The highest BCUT2D eigenvalue weighted by Crippen LogP contribution is 2.30. The Morgan fingerprint density at radius 3 is 3.00 bits per heavy atom. The lowest BCUT2D eigenvalue weighted by Gasteiger charge is -2.35. The van der Waals surface area contributed by atoms with E-state index in [9.17, 15) is 5.11 Å². The molecule has 1 saturated heterocycles. The highest BCUT2D eigenvalue weighted by atomic mass is 35.5. The third-order valence-corrected chi connectivity index (χ3v) is 4.13.